The summed E-state index contributed by atoms with van der Waals surface area (Å²) < 4.78 is 0. The first-order chi connectivity index (χ1) is 9.11. The number of likely N-dealkylation sites (N-methyl/N-ethyl adjacent to an activating group) is 1. The molecule has 0 saturated carbocycles. The summed E-state index contributed by atoms with van der Waals surface area (Å²) in [4.78, 5) is 14.7. The molecule has 5 heteroatoms. The lowest BCUT2D eigenvalue weighted by atomic mass is 10.0. The van der Waals surface area contributed by atoms with Crippen LogP contribution in [0.2, 0.25) is 0 Å². The molecule has 4 nitrogen and oxygen atoms in total. The number of carbonyl (C=O) groups is 1. The maximum atomic E-state index is 12.1. The quantitative estimate of drug-likeness (QED) is 0.819. The third-order valence-electron chi connectivity index (χ3n) is 3.49. The molecule has 2 N–H and O–H groups in total. The van der Waals surface area contributed by atoms with E-state index in [0.29, 0.717) is 4.99 Å². The molecule has 1 atom stereocenters. The molecule has 1 aliphatic heterocycles. The Morgan fingerprint density at radius 2 is 2.16 bits per heavy atom. The molecule has 1 aromatic rings. The molecule has 19 heavy (non-hydrogen) atoms. The second-order valence-electron chi connectivity index (χ2n) is 4.59. The van der Waals surface area contributed by atoms with E-state index in [-0.39, 0.29) is 5.78 Å². The molecule has 1 fully saturated rings. The summed E-state index contributed by atoms with van der Waals surface area (Å²) in [7, 11) is 0. The van der Waals surface area contributed by atoms with Gasteiger partial charge in [-0.1, -0.05) is 37.3 Å². The summed E-state index contributed by atoms with van der Waals surface area (Å²) in [6, 6.07) is 9.69. The van der Waals surface area contributed by atoms with E-state index in [0.717, 1.165) is 25.3 Å². The molecule has 102 valence electrons. The van der Waals surface area contributed by atoms with Crippen LogP contribution in [-0.4, -0.2) is 41.0 Å². The zero-order valence-corrected chi connectivity index (χ0v) is 12.1. The molecular formula is C14H19N3OS. The van der Waals surface area contributed by atoms with E-state index in [9.17, 15) is 4.79 Å². The van der Waals surface area contributed by atoms with Crippen molar-refractivity contribution in [2.24, 2.45) is 0 Å². The predicted molar refractivity (Wildman–Crippen MR) is 81.3 cm³/mol. The minimum atomic E-state index is -0.861. The van der Waals surface area contributed by atoms with Gasteiger partial charge in [0.1, 0.15) is 4.99 Å². The Morgan fingerprint density at radius 3 is 2.74 bits per heavy atom. The average molecular weight is 277 g/mol. The Labute approximate surface area is 119 Å². The molecular weight excluding hydrogens is 258 g/mol. The second kappa shape index (κ2) is 5.77. The van der Waals surface area contributed by atoms with Crippen LogP contribution in [0.3, 0.4) is 0 Å². The van der Waals surface area contributed by atoms with Gasteiger partial charge >= 0.3 is 0 Å². The summed E-state index contributed by atoms with van der Waals surface area (Å²) >= 11 is 5.49. The van der Waals surface area contributed by atoms with Crippen LogP contribution in [0.15, 0.2) is 30.3 Å². The third kappa shape index (κ3) is 2.54. The maximum Gasteiger partial charge on any atom is 0.183 e. The lowest BCUT2D eigenvalue weighted by molar-refractivity contribution is -0.124. The molecule has 0 aromatic heterocycles. The van der Waals surface area contributed by atoms with E-state index in [2.05, 4.69) is 15.5 Å². The zero-order chi connectivity index (χ0) is 13.9. The van der Waals surface area contributed by atoms with Crippen molar-refractivity contribution < 1.29 is 4.79 Å². The first-order valence-corrected chi connectivity index (χ1v) is 6.89. The van der Waals surface area contributed by atoms with Gasteiger partial charge in [-0.15, -0.1) is 0 Å². The van der Waals surface area contributed by atoms with Crippen molar-refractivity contribution >= 4 is 28.7 Å². The molecule has 1 saturated heterocycles. The molecule has 0 amide bonds. The minimum Gasteiger partial charge on any atom is -0.347 e. The average Bonchev–Trinajstić information content (AvgIpc) is 2.84. The van der Waals surface area contributed by atoms with Crippen molar-refractivity contribution in [1.29, 1.82) is 0 Å². The lowest BCUT2D eigenvalue weighted by Gasteiger charge is -2.36. The molecule has 0 aliphatic carbocycles. The Bertz CT molecular complexity index is 477. The highest BCUT2D eigenvalue weighted by Gasteiger charge is 2.48. The van der Waals surface area contributed by atoms with E-state index in [1.165, 1.54) is 0 Å². The number of para-hydroxylation sites is 1. The molecule has 1 aliphatic rings. The predicted octanol–water partition coefficient (Wildman–Crippen LogP) is 1.64. The highest BCUT2D eigenvalue weighted by molar-refractivity contribution is 7.80. The normalized spacial score (nSPS) is 23.3. The SMILES string of the molecule is CCN1CCNC1(C(C)=O)C(=S)Nc1ccccc1. The number of thiocarbonyl (C=S) groups is 1. The van der Waals surface area contributed by atoms with Crippen LogP contribution in [0.1, 0.15) is 13.8 Å². The topological polar surface area (TPSA) is 44.4 Å². The fraction of sp³-hybridized carbons (Fsp3) is 0.429. The van der Waals surface area contributed by atoms with E-state index in [1.807, 2.05) is 37.3 Å². The van der Waals surface area contributed by atoms with Crippen LogP contribution < -0.4 is 10.6 Å². The van der Waals surface area contributed by atoms with Crippen LogP contribution in [0, 0.1) is 0 Å². The number of nitrogens with zero attached hydrogens (tertiary/aromatic N) is 1. The van der Waals surface area contributed by atoms with Crippen LogP contribution >= 0.6 is 12.2 Å². The van der Waals surface area contributed by atoms with Gasteiger partial charge in [0, 0.05) is 18.8 Å². The Morgan fingerprint density at radius 1 is 1.47 bits per heavy atom. The largest absolute Gasteiger partial charge is 0.347 e. The Kier molecular flexibility index (Phi) is 4.29. The van der Waals surface area contributed by atoms with Crippen LogP contribution in [0.25, 0.3) is 0 Å². The molecule has 0 radical (unpaired) electrons. The number of anilines is 1. The standard InChI is InChI=1S/C14H19N3OS/c1-3-17-10-9-15-14(17,11(2)18)13(19)16-12-7-5-4-6-8-12/h4-8,15H,3,9-10H2,1-2H3,(H,16,19). The number of ketones is 1. The van der Waals surface area contributed by atoms with Gasteiger partial charge in [-0.2, -0.15) is 0 Å². The van der Waals surface area contributed by atoms with Gasteiger partial charge in [-0.3, -0.25) is 15.0 Å². The van der Waals surface area contributed by atoms with Gasteiger partial charge in [-0.05, 0) is 25.6 Å². The first kappa shape index (κ1) is 14.1. The molecule has 1 aromatic carbocycles. The van der Waals surface area contributed by atoms with Crippen LogP contribution in [0.4, 0.5) is 5.69 Å². The van der Waals surface area contributed by atoms with Crippen LogP contribution in [-0.2, 0) is 4.79 Å². The van der Waals surface area contributed by atoms with Crippen LogP contribution in [0.5, 0.6) is 0 Å². The number of hydrogen-bond acceptors (Lipinski definition) is 4. The molecule has 1 unspecified atom stereocenters. The number of benzene rings is 1. The van der Waals surface area contributed by atoms with E-state index < -0.39 is 5.66 Å². The van der Waals surface area contributed by atoms with Gasteiger partial charge in [0.15, 0.2) is 11.4 Å². The van der Waals surface area contributed by atoms with E-state index in [4.69, 9.17) is 12.2 Å². The van der Waals surface area contributed by atoms with Gasteiger partial charge in [-0.25, -0.2) is 0 Å². The van der Waals surface area contributed by atoms with E-state index >= 15 is 0 Å². The Balaban J connectivity index is 2.25. The number of rotatable bonds is 4. The van der Waals surface area contributed by atoms with Gasteiger partial charge in [0.2, 0.25) is 0 Å². The van der Waals surface area contributed by atoms with Crippen molar-refractivity contribution in [2.75, 3.05) is 25.0 Å². The molecule has 2 rings (SSSR count). The van der Waals surface area contributed by atoms with Gasteiger partial charge in [0.05, 0.1) is 0 Å². The van der Waals surface area contributed by atoms with Crippen molar-refractivity contribution in [3.8, 4) is 0 Å². The van der Waals surface area contributed by atoms with Gasteiger partial charge in [0.25, 0.3) is 0 Å². The third-order valence-corrected chi connectivity index (χ3v) is 3.89. The fourth-order valence-electron chi connectivity index (χ4n) is 2.52. The minimum absolute atomic E-state index is 0.0280. The number of nitrogens with one attached hydrogen (secondary N) is 2. The highest BCUT2D eigenvalue weighted by Crippen LogP contribution is 2.22. The monoisotopic (exact) mass is 277 g/mol. The number of Topliss-reactive ketones (excluding diaryl/α,β-unsaturated/α-hetero) is 1. The lowest BCUT2D eigenvalue weighted by Crippen LogP contribution is -2.63. The van der Waals surface area contributed by atoms with Gasteiger partial charge < -0.3 is 5.32 Å². The second-order valence-corrected chi connectivity index (χ2v) is 5.00. The smallest absolute Gasteiger partial charge is 0.183 e. The summed E-state index contributed by atoms with van der Waals surface area (Å²) in [5.74, 6) is 0.0280. The van der Waals surface area contributed by atoms with E-state index in [1.54, 1.807) is 6.92 Å². The summed E-state index contributed by atoms with van der Waals surface area (Å²) in [5.41, 5.74) is 0.0396. The number of carbonyl (C=O) groups excluding carboxylic acids is 1. The number of hydrogen-bond donors (Lipinski definition) is 2. The summed E-state index contributed by atoms with van der Waals surface area (Å²) in [5, 5.41) is 6.44. The highest BCUT2D eigenvalue weighted by atomic mass is 32.1. The summed E-state index contributed by atoms with van der Waals surface area (Å²) in [6.07, 6.45) is 0. The molecule has 0 spiro atoms. The maximum absolute atomic E-state index is 12.1. The summed E-state index contributed by atoms with van der Waals surface area (Å²) in [6.45, 7) is 6.00. The molecule has 0 bridgehead atoms. The first-order valence-electron chi connectivity index (χ1n) is 6.49. The fourth-order valence-corrected chi connectivity index (χ4v) is 2.98. The Hall–Kier alpha value is -1.30. The van der Waals surface area contributed by atoms with Crippen molar-refractivity contribution in [3.05, 3.63) is 30.3 Å². The van der Waals surface area contributed by atoms with Crippen molar-refractivity contribution in [3.63, 3.8) is 0 Å². The zero-order valence-electron chi connectivity index (χ0n) is 11.3. The van der Waals surface area contributed by atoms with Crippen molar-refractivity contribution in [2.45, 2.75) is 19.5 Å². The molecule has 1 heterocycles. The van der Waals surface area contributed by atoms with Crippen molar-refractivity contribution in [1.82, 2.24) is 10.2 Å².